The second-order valence-corrected chi connectivity index (χ2v) is 3.31. The van der Waals surface area contributed by atoms with Gasteiger partial charge >= 0.3 is 0 Å². The van der Waals surface area contributed by atoms with Crippen LogP contribution in [0.25, 0.3) is 0 Å². The van der Waals surface area contributed by atoms with E-state index in [1.807, 2.05) is 0 Å². The minimum Gasteiger partial charge on any atom is -0.330 e. The summed E-state index contributed by atoms with van der Waals surface area (Å²) < 4.78 is 26.2. The van der Waals surface area contributed by atoms with Gasteiger partial charge in [0.25, 0.3) is 0 Å². The third-order valence-corrected chi connectivity index (χ3v) is 2.10. The highest BCUT2D eigenvalue weighted by molar-refractivity contribution is 5.80. The molecule has 1 rings (SSSR count). The minimum atomic E-state index is -0.670. The van der Waals surface area contributed by atoms with E-state index in [4.69, 9.17) is 5.73 Å². The molecule has 4 heteroatoms. The predicted molar refractivity (Wildman–Crippen MR) is 53.4 cm³/mol. The van der Waals surface area contributed by atoms with Crippen LogP contribution in [0.15, 0.2) is 18.2 Å². The molecule has 0 unspecified atom stereocenters. The Bertz CT molecular complexity index is 332. The maximum Gasteiger partial charge on any atom is 0.137 e. The quantitative estimate of drug-likeness (QED) is 0.810. The molecule has 0 radical (unpaired) electrons. The van der Waals surface area contributed by atoms with Crippen LogP contribution in [0, 0.1) is 11.6 Å². The Kier molecular flexibility index (Phi) is 4.37. The van der Waals surface area contributed by atoms with Crippen molar-refractivity contribution in [2.45, 2.75) is 19.3 Å². The van der Waals surface area contributed by atoms with Crippen LogP contribution in [-0.2, 0) is 11.2 Å². The van der Waals surface area contributed by atoms with E-state index in [1.54, 1.807) is 0 Å². The predicted octanol–water partition coefficient (Wildman–Crippen LogP) is 1.82. The van der Waals surface area contributed by atoms with Gasteiger partial charge in [0.05, 0.1) is 0 Å². The lowest BCUT2D eigenvalue weighted by Gasteiger charge is -2.03. The van der Waals surface area contributed by atoms with Gasteiger partial charge in [-0.05, 0) is 25.1 Å². The number of ketones is 1. The van der Waals surface area contributed by atoms with Gasteiger partial charge in [-0.3, -0.25) is 4.79 Å². The van der Waals surface area contributed by atoms with Crippen molar-refractivity contribution in [1.29, 1.82) is 0 Å². The Labute approximate surface area is 87.1 Å². The number of halogens is 2. The van der Waals surface area contributed by atoms with E-state index < -0.39 is 11.6 Å². The molecule has 1 aromatic carbocycles. The molecule has 0 aromatic heterocycles. The molecule has 0 saturated carbocycles. The number of hydrogen-bond acceptors (Lipinski definition) is 2. The molecule has 0 heterocycles. The molecule has 0 saturated heterocycles. The molecule has 0 atom stereocenters. The SMILES string of the molecule is NCCCC(=O)Cc1c(F)cccc1F. The number of carbonyl (C=O) groups excluding carboxylic acids is 1. The Hall–Kier alpha value is -1.29. The summed E-state index contributed by atoms with van der Waals surface area (Å²) in [4.78, 5) is 11.3. The lowest BCUT2D eigenvalue weighted by atomic mass is 10.0. The molecular weight excluding hydrogens is 200 g/mol. The van der Waals surface area contributed by atoms with Crippen LogP contribution in [0.4, 0.5) is 8.78 Å². The lowest BCUT2D eigenvalue weighted by molar-refractivity contribution is -0.118. The molecule has 2 nitrogen and oxygen atoms in total. The lowest BCUT2D eigenvalue weighted by Crippen LogP contribution is -2.09. The average molecular weight is 213 g/mol. The van der Waals surface area contributed by atoms with Crippen molar-refractivity contribution in [3.63, 3.8) is 0 Å². The first-order valence-electron chi connectivity index (χ1n) is 4.80. The van der Waals surface area contributed by atoms with E-state index in [-0.39, 0.29) is 24.2 Å². The molecule has 1 aromatic rings. The maximum absolute atomic E-state index is 13.1. The number of hydrogen-bond donors (Lipinski definition) is 1. The third kappa shape index (κ3) is 3.40. The van der Waals surface area contributed by atoms with Gasteiger partial charge < -0.3 is 5.73 Å². The first-order valence-corrected chi connectivity index (χ1v) is 4.80. The Balaban J connectivity index is 2.68. The summed E-state index contributed by atoms with van der Waals surface area (Å²) in [5.41, 5.74) is 5.08. The molecule has 2 N–H and O–H groups in total. The zero-order valence-corrected chi connectivity index (χ0v) is 8.30. The van der Waals surface area contributed by atoms with E-state index in [9.17, 15) is 13.6 Å². The summed E-state index contributed by atoms with van der Waals surface area (Å²) >= 11 is 0. The first-order chi connectivity index (χ1) is 7.15. The summed E-state index contributed by atoms with van der Waals surface area (Å²) in [6, 6.07) is 3.57. The number of rotatable bonds is 5. The van der Waals surface area contributed by atoms with Crippen molar-refractivity contribution < 1.29 is 13.6 Å². The molecule has 0 aliphatic heterocycles. The fraction of sp³-hybridized carbons (Fsp3) is 0.364. The summed E-state index contributed by atoms with van der Waals surface area (Å²) in [6.07, 6.45) is 0.623. The van der Waals surface area contributed by atoms with Gasteiger partial charge in [-0.2, -0.15) is 0 Å². The average Bonchev–Trinajstić information content (AvgIpc) is 2.21. The molecule has 0 aliphatic rings. The molecule has 0 bridgehead atoms. The van der Waals surface area contributed by atoms with Gasteiger partial charge in [-0.1, -0.05) is 6.07 Å². The van der Waals surface area contributed by atoms with E-state index in [1.165, 1.54) is 6.07 Å². The highest BCUT2D eigenvalue weighted by atomic mass is 19.1. The Morgan fingerprint density at radius 2 is 1.87 bits per heavy atom. The zero-order chi connectivity index (χ0) is 11.3. The van der Waals surface area contributed by atoms with Crippen LogP contribution >= 0.6 is 0 Å². The molecule has 0 amide bonds. The summed E-state index contributed by atoms with van der Waals surface area (Å²) in [5.74, 6) is -1.53. The third-order valence-electron chi connectivity index (χ3n) is 2.10. The van der Waals surface area contributed by atoms with Crippen molar-refractivity contribution in [1.82, 2.24) is 0 Å². The van der Waals surface area contributed by atoms with Gasteiger partial charge in [0, 0.05) is 18.4 Å². The second-order valence-electron chi connectivity index (χ2n) is 3.31. The molecule has 0 fully saturated rings. The van der Waals surface area contributed by atoms with Crippen LogP contribution in [0.5, 0.6) is 0 Å². The molecular formula is C11H13F2NO. The van der Waals surface area contributed by atoms with Crippen molar-refractivity contribution in [2.24, 2.45) is 5.73 Å². The second kappa shape index (κ2) is 5.56. The first kappa shape index (κ1) is 11.8. The zero-order valence-electron chi connectivity index (χ0n) is 8.30. The molecule has 0 aliphatic carbocycles. The van der Waals surface area contributed by atoms with E-state index in [0.717, 1.165) is 12.1 Å². The van der Waals surface area contributed by atoms with Gasteiger partial charge in [-0.25, -0.2) is 8.78 Å². The number of carbonyl (C=O) groups is 1. The van der Waals surface area contributed by atoms with Crippen molar-refractivity contribution in [3.8, 4) is 0 Å². The van der Waals surface area contributed by atoms with Crippen molar-refractivity contribution >= 4 is 5.78 Å². The maximum atomic E-state index is 13.1. The van der Waals surface area contributed by atoms with Gasteiger partial charge in [0.1, 0.15) is 17.4 Å². The largest absolute Gasteiger partial charge is 0.330 e. The van der Waals surface area contributed by atoms with Gasteiger partial charge in [-0.15, -0.1) is 0 Å². The fourth-order valence-electron chi connectivity index (χ4n) is 1.29. The van der Waals surface area contributed by atoms with Gasteiger partial charge in [0.2, 0.25) is 0 Å². The Morgan fingerprint density at radius 3 is 2.40 bits per heavy atom. The highest BCUT2D eigenvalue weighted by Crippen LogP contribution is 2.13. The van der Waals surface area contributed by atoms with E-state index >= 15 is 0 Å². The Morgan fingerprint density at radius 1 is 1.27 bits per heavy atom. The van der Waals surface area contributed by atoms with E-state index in [0.29, 0.717) is 13.0 Å². The monoisotopic (exact) mass is 213 g/mol. The standard InChI is InChI=1S/C11H13F2NO/c12-10-4-1-5-11(13)9(10)7-8(15)3-2-6-14/h1,4-5H,2-3,6-7,14H2. The van der Waals surface area contributed by atoms with Crippen LogP contribution in [0.1, 0.15) is 18.4 Å². The van der Waals surface area contributed by atoms with Crippen LogP contribution in [-0.4, -0.2) is 12.3 Å². The van der Waals surface area contributed by atoms with Crippen molar-refractivity contribution in [2.75, 3.05) is 6.54 Å². The fourth-order valence-corrected chi connectivity index (χ4v) is 1.29. The van der Waals surface area contributed by atoms with Crippen LogP contribution in [0.3, 0.4) is 0 Å². The van der Waals surface area contributed by atoms with E-state index in [2.05, 4.69) is 0 Å². The topological polar surface area (TPSA) is 43.1 Å². The minimum absolute atomic E-state index is 0.153. The van der Waals surface area contributed by atoms with Gasteiger partial charge in [0.15, 0.2) is 0 Å². The number of benzene rings is 1. The summed E-state index contributed by atoms with van der Waals surface area (Å²) in [6.45, 7) is 0.408. The summed E-state index contributed by atoms with van der Waals surface area (Å²) in [5, 5.41) is 0. The van der Waals surface area contributed by atoms with Crippen LogP contribution < -0.4 is 5.73 Å². The normalized spacial score (nSPS) is 10.3. The molecule has 15 heavy (non-hydrogen) atoms. The number of nitrogens with two attached hydrogens (primary N) is 1. The molecule has 82 valence electrons. The highest BCUT2D eigenvalue weighted by Gasteiger charge is 2.12. The van der Waals surface area contributed by atoms with Crippen LogP contribution in [0.2, 0.25) is 0 Å². The van der Waals surface area contributed by atoms with Crippen molar-refractivity contribution in [3.05, 3.63) is 35.4 Å². The number of Topliss-reactive ketones (excluding diaryl/α,β-unsaturated/α-hetero) is 1. The summed E-state index contributed by atoms with van der Waals surface area (Å²) in [7, 11) is 0. The smallest absolute Gasteiger partial charge is 0.137 e. The molecule has 0 spiro atoms.